The lowest BCUT2D eigenvalue weighted by molar-refractivity contribution is 0.114. The van der Waals surface area contributed by atoms with Crippen molar-refractivity contribution in [3.63, 3.8) is 0 Å². The van der Waals surface area contributed by atoms with Crippen molar-refractivity contribution in [2.24, 2.45) is 5.10 Å². The Kier molecular flexibility index (Phi) is 6.04. The number of nitrogens with zero attached hydrogens (tertiary/aromatic N) is 1. The van der Waals surface area contributed by atoms with Gasteiger partial charge in [0.1, 0.15) is 0 Å². The van der Waals surface area contributed by atoms with Crippen LogP contribution in [0.4, 0.5) is 0 Å². The van der Waals surface area contributed by atoms with Gasteiger partial charge < -0.3 is 10.1 Å². The Balaban J connectivity index is 1.74. The van der Waals surface area contributed by atoms with Crippen molar-refractivity contribution in [1.82, 2.24) is 10.7 Å². The maximum atomic E-state index is 5.91. The number of hydrogen-bond donors (Lipinski definition) is 2. The highest BCUT2D eigenvalue weighted by Crippen LogP contribution is 2.21. The first kappa shape index (κ1) is 15.5. The SMILES string of the molecule is S=C(NCC1CCCO1)NN=Cc1ccc(Cl)c(Cl)c1. The Morgan fingerprint density at radius 3 is 3.00 bits per heavy atom. The van der Waals surface area contributed by atoms with Crippen LogP contribution in [0.5, 0.6) is 0 Å². The van der Waals surface area contributed by atoms with E-state index in [1.54, 1.807) is 18.3 Å². The fraction of sp³-hybridized carbons (Fsp3) is 0.385. The molecule has 7 heteroatoms. The monoisotopic (exact) mass is 331 g/mol. The Labute approximate surface area is 133 Å². The van der Waals surface area contributed by atoms with Crippen LogP contribution >= 0.6 is 35.4 Å². The predicted octanol–water partition coefficient (Wildman–Crippen LogP) is 2.97. The van der Waals surface area contributed by atoms with E-state index in [0.717, 1.165) is 25.0 Å². The van der Waals surface area contributed by atoms with Crippen molar-refractivity contribution in [2.75, 3.05) is 13.2 Å². The minimum absolute atomic E-state index is 0.244. The van der Waals surface area contributed by atoms with E-state index in [1.165, 1.54) is 0 Å². The van der Waals surface area contributed by atoms with Gasteiger partial charge in [-0.05, 0) is 42.8 Å². The van der Waals surface area contributed by atoms with Gasteiger partial charge in [-0.2, -0.15) is 5.10 Å². The smallest absolute Gasteiger partial charge is 0.187 e. The molecule has 1 aliphatic rings. The van der Waals surface area contributed by atoms with Gasteiger partial charge in [-0.1, -0.05) is 29.3 Å². The third-order valence-corrected chi connectivity index (χ3v) is 3.81. The fourth-order valence-electron chi connectivity index (χ4n) is 1.81. The first-order valence-corrected chi connectivity index (χ1v) is 7.45. The maximum Gasteiger partial charge on any atom is 0.187 e. The van der Waals surface area contributed by atoms with Crippen LogP contribution in [-0.4, -0.2) is 30.6 Å². The minimum atomic E-state index is 0.244. The molecule has 1 unspecified atom stereocenters. The number of nitrogens with one attached hydrogen (secondary N) is 2. The summed E-state index contributed by atoms with van der Waals surface area (Å²) in [5.74, 6) is 0. The van der Waals surface area contributed by atoms with E-state index in [2.05, 4.69) is 15.8 Å². The van der Waals surface area contributed by atoms with Crippen molar-refractivity contribution in [1.29, 1.82) is 0 Å². The Morgan fingerprint density at radius 2 is 2.30 bits per heavy atom. The first-order chi connectivity index (χ1) is 9.65. The second-order valence-electron chi connectivity index (χ2n) is 4.39. The average molecular weight is 332 g/mol. The van der Waals surface area contributed by atoms with Gasteiger partial charge in [0.2, 0.25) is 0 Å². The molecule has 0 amide bonds. The summed E-state index contributed by atoms with van der Waals surface area (Å²) in [6.07, 6.45) is 4.06. The Morgan fingerprint density at radius 1 is 1.45 bits per heavy atom. The molecular formula is C13H15Cl2N3OS. The van der Waals surface area contributed by atoms with Crippen LogP contribution in [0.15, 0.2) is 23.3 Å². The van der Waals surface area contributed by atoms with Crippen LogP contribution < -0.4 is 10.7 Å². The molecule has 108 valence electrons. The zero-order valence-electron chi connectivity index (χ0n) is 10.7. The topological polar surface area (TPSA) is 45.6 Å². The number of ether oxygens (including phenoxy) is 1. The molecule has 1 atom stereocenters. The third-order valence-electron chi connectivity index (χ3n) is 2.84. The summed E-state index contributed by atoms with van der Waals surface area (Å²) in [6.45, 7) is 1.54. The number of hydrazone groups is 1. The predicted molar refractivity (Wildman–Crippen MR) is 86.8 cm³/mol. The van der Waals surface area contributed by atoms with Crippen molar-refractivity contribution in [3.8, 4) is 0 Å². The molecule has 4 nitrogen and oxygen atoms in total. The second kappa shape index (κ2) is 7.78. The van der Waals surface area contributed by atoms with Gasteiger partial charge in [-0.15, -0.1) is 0 Å². The first-order valence-electron chi connectivity index (χ1n) is 6.29. The highest BCUT2D eigenvalue weighted by molar-refractivity contribution is 7.80. The zero-order valence-corrected chi connectivity index (χ0v) is 13.1. The van der Waals surface area contributed by atoms with E-state index in [-0.39, 0.29) is 6.10 Å². The standard InChI is InChI=1S/C13H15Cl2N3OS/c14-11-4-3-9(6-12(11)15)7-17-18-13(20)16-8-10-2-1-5-19-10/h3-4,6-7,10H,1-2,5,8H2,(H2,16,18,20). The zero-order chi connectivity index (χ0) is 14.4. The molecule has 1 fully saturated rings. The van der Waals surface area contributed by atoms with E-state index in [9.17, 15) is 0 Å². The quantitative estimate of drug-likeness (QED) is 0.506. The molecule has 1 aromatic rings. The molecule has 2 N–H and O–H groups in total. The summed E-state index contributed by atoms with van der Waals surface area (Å²) in [5.41, 5.74) is 3.59. The lowest BCUT2D eigenvalue weighted by atomic mass is 10.2. The van der Waals surface area contributed by atoms with E-state index >= 15 is 0 Å². The van der Waals surface area contributed by atoms with Crippen LogP contribution in [0.1, 0.15) is 18.4 Å². The molecule has 20 heavy (non-hydrogen) atoms. The number of thiocarbonyl (C=S) groups is 1. The van der Waals surface area contributed by atoms with Gasteiger partial charge in [0.25, 0.3) is 0 Å². The van der Waals surface area contributed by atoms with Crippen molar-refractivity contribution >= 4 is 46.7 Å². The summed E-state index contributed by atoms with van der Waals surface area (Å²) < 4.78 is 5.49. The van der Waals surface area contributed by atoms with Crippen LogP contribution in [0.2, 0.25) is 10.0 Å². The van der Waals surface area contributed by atoms with E-state index in [0.29, 0.717) is 21.7 Å². The minimum Gasteiger partial charge on any atom is -0.376 e. The molecule has 1 aromatic carbocycles. The molecule has 1 saturated heterocycles. The van der Waals surface area contributed by atoms with Gasteiger partial charge in [0, 0.05) is 13.2 Å². The molecule has 0 radical (unpaired) electrons. The van der Waals surface area contributed by atoms with Crippen LogP contribution in [-0.2, 0) is 4.74 Å². The average Bonchev–Trinajstić information content (AvgIpc) is 2.94. The number of rotatable bonds is 4. The summed E-state index contributed by atoms with van der Waals surface area (Å²) in [6, 6.07) is 5.28. The fourth-order valence-corrected chi connectivity index (χ4v) is 2.25. The summed E-state index contributed by atoms with van der Waals surface area (Å²) in [7, 11) is 0. The van der Waals surface area contributed by atoms with Crippen molar-refractivity contribution in [2.45, 2.75) is 18.9 Å². The van der Waals surface area contributed by atoms with Gasteiger partial charge >= 0.3 is 0 Å². The largest absolute Gasteiger partial charge is 0.376 e. The normalized spacial score (nSPS) is 18.4. The van der Waals surface area contributed by atoms with Crippen LogP contribution in [0, 0.1) is 0 Å². The highest BCUT2D eigenvalue weighted by atomic mass is 35.5. The maximum absolute atomic E-state index is 5.91. The Bertz CT molecular complexity index is 504. The summed E-state index contributed by atoms with van der Waals surface area (Å²) >= 11 is 16.9. The summed E-state index contributed by atoms with van der Waals surface area (Å²) in [4.78, 5) is 0. The van der Waals surface area contributed by atoms with E-state index < -0.39 is 0 Å². The van der Waals surface area contributed by atoms with Crippen LogP contribution in [0.3, 0.4) is 0 Å². The molecule has 0 aromatic heterocycles. The van der Waals surface area contributed by atoms with Gasteiger partial charge in [0.15, 0.2) is 5.11 Å². The van der Waals surface area contributed by atoms with Crippen LogP contribution in [0.25, 0.3) is 0 Å². The summed E-state index contributed by atoms with van der Waals surface area (Å²) in [5, 5.41) is 8.59. The molecule has 0 spiro atoms. The molecular weight excluding hydrogens is 317 g/mol. The van der Waals surface area contributed by atoms with Gasteiger partial charge in [0.05, 0.1) is 22.4 Å². The molecule has 2 rings (SSSR count). The number of halogens is 2. The Hall–Kier alpha value is -0.880. The lowest BCUT2D eigenvalue weighted by Crippen LogP contribution is -2.37. The molecule has 0 bridgehead atoms. The lowest BCUT2D eigenvalue weighted by Gasteiger charge is -2.11. The molecule has 0 aliphatic carbocycles. The van der Waals surface area contributed by atoms with Gasteiger partial charge in [-0.25, -0.2) is 0 Å². The van der Waals surface area contributed by atoms with Crippen molar-refractivity contribution < 1.29 is 4.74 Å². The van der Waals surface area contributed by atoms with E-state index in [4.69, 9.17) is 40.2 Å². The van der Waals surface area contributed by atoms with Gasteiger partial charge in [-0.3, -0.25) is 5.43 Å². The molecule has 1 aliphatic heterocycles. The number of benzene rings is 1. The third kappa shape index (κ3) is 4.90. The second-order valence-corrected chi connectivity index (χ2v) is 5.61. The van der Waals surface area contributed by atoms with Crippen molar-refractivity contribution in [3.05, 3.63) is 33.8 Å². The highest BCUT2D eigenvalue weighted by Gasteiger charge is 2.14. The molecule has 0 saturated carbocycles. The van der Waals surface area contributed by atoms with E-state index in [1.807, 2.05) is 6.07 Å². The number of hydrogen-bond acceptors (Lipinski definition) is 3. The molecule has 1 heterocycles.